The van der Waals surface area contributed by atoms with Gasteiger partial charge in [-0.05, 0) is 30.3 Å². The molecule has 0 atom stereocenters. The summed E-state index contributed by atoms with van der Waals surface area (Å²) in [5.74, 6) is 0.190. The van der Waals surface area contributed by atoms with Gasteiger partial charge in [0.05, 0.1) is 12.2 Å². The molecule has 2 aromatic rings. The summed E-state index contributed by atoms with van der Waals surface area (Å²) in [4.78, 5) is 3.75. The monoisotopic (exact) mass is 361 g/mol. The van der Waals surface area contributed by atoms with Gasteiger partial charge in [0.1, 0.15) is 10.7 Å². The van der Waals surface area contributed by atoms with Crippen molar-refractivity contribution in [3.63, 3.8) is 0 Å². The van der Waals surface area contributed by atoms with Gasteiger partial charge in [-0.15, -0.1) is 0 Å². The van der Waals surface area contributed by atoms with E-state index in [-0.39, 0.29) is 29.6 Å². The van der Waals surface area contributed by atoms with Crippen molar-refractivity contribution in [1.29, 1.82) is 0 Å². The van der Waals surface area contributed by atoms with Crippen molar-refractivity contribution in [2.45, 2.75) is 11.1 Å². The smallest absolute Gasteiger partial charge is 0.395 e. The molecule has 24 heavy (non-hydrogen) atoms. The highest BCUT2D eigenvalue weighted by molar-refractivity contribution is 7.89. The first-order chi connectivity index (χ1) is 11.2. The maximum absolute atomic E-state index is 12.7. The normalized spacial score (nSPS) is 12.2. The van der Waals surface area contributed by atoms with Gasteiger partial charge in [-0.3, -0.25) is 0 Å². The fraction of sp³-hybridized carbons (Fsp3) is 0.214. The molecule has 0 bridgehead atoms. The van der Waals surface area contributed by atoms with Gasteiger partial charge in [-0.25, -0.2) is 18.1 Å². The van der Waals surface area contributed by atoms with E-state index in [9.17, 15) is 21.6 Å². The number of pyridine rings is 1. The predicted octanol–water partition coefficient (Wildman–Crippen LogP) is 2.11. The van der Waals surface area contributed by atoms with Crippen LogP contribution in [0.3, 0.4) is 0 Å². The summed E-state index contributed by atoms with van der Waals surface area (Å²) < 4.78 is 63.7. The number of aromatic nitrogens is 1. The van der Waals surface area contributed by atoms with Gasteiger partial charge in [0.15, 0.2) is 0 Å². The summed E-state index contributed by atoms with van der Waals surface area (Å²) in [5.41, 5.74) is -0.633. The summed E-state index contributed by atoms with van der Waals surface area (Å²) in [7, 11) is -3.79. The fourth-order valence-corrected chi connectivity index (χ4v) is 2.76. The number of hydrogen-bond acceptors (Lipinski definition) is 5. The molecule has 2 rings (SSSR count). The molecular weight excluding hydrogens is 347 g/mol. The molecule has 0 aliphatic heterocycles. The van der Waals surface area contributed by atoms with E-state index in [1.54, 1.807) is 0 Å². The van der Waals surface area contributed by atoms with Crippen LogP contribution in [-0.2, 0) is 16.2 Å². The third-order valence-corrected chi connectivity index (χ3v) is 4.36. The van der Waals surface area contributed by atoms with E-state index in [0.717, 1.165) is 18.3 Å². The Kier molecular flexibility index (Phi) is 5.42. The summed E-state index contributed by atoms with van der Waals surface area (Å²) >= 11 is 0. The Bertz CT molecular complexity index is 793. The zero-order chi connectivity index (χ0) is 17.8. The number of nitrogens with zero attached hydrogens (tertiary/aromatic N) is 1. The van der Waals surface area contributed by atoms with Gasteiger partial charge in [0.25, 0.3) is 0 Å². The molecule has 1 aromatic carbocycles. The van der Waals surface area contributed by atoms with Crippen LogP contribution in [0.4, 0.5) is 24.7 Å². The number of halogens is 3. The fourth-order valence-electron chi connectivity index (χ4n) is 1.80. The average molecular weight is 361 g/mol. The average Bonchev–Trinajstić information content (AvgIpc) is 2.53. The summed E-state index contributed by atoms with van der Waals surface area (Å²) in [6, 6.07) is 7.14. The highest BCUT2D eigenvalue weighted by Crippen LogP contribution is 2.31. The molecular formula is C14H14F3N3O3S. The highest BCUT2D eigenvalue weighted by Gasteiger charge is 2.30. The van der Waals surface area contributed by atoms with E-state index in [1.165, 1.54) is 24.3 Å². The number of aliphatic hydroxyl groups excluding tert-OH is 1. The maximum Gasteiger partial charge on any atom is 0.416 e. The van der Waals surface area contributed by atoms with Crippen LogP contribution in [0.5, 0.6) is 0 Å². The number of hydrogen-bond donors (Lipinski definition) is 3. The Hall–Kier alpha value is -2.17. The van der Waals surface area contributed by atoms with Crippen LogP contribution >= 0.6 is 0 Å². The lowest BCUT2D eigenvalue weighted by Gasteiger charge is -2.10. The van der Waals surface area contributed by atoms with Crippen molar-refractivity contribution in [2.75, 3.05) is 18.5 Å². The van der Waals surface area contributed by atoms with Crippen molar-refractivity contribution >= 4 is 21.5 Å². The van der Waals surface area contributed by atoms with Crippen LogP contribution in [-0.4, -0.2) is 31.7 Å². The number of nitrogens with one attached hydrogen (secondary N) is 2. The van der Waals surface area contributed by atoms with E-state index >= 15 is 0 Å². The predicted molar refractivity (Wildman–Crippen MR) is 81.2 cm³/mol. The third-order valence-electron chi connectivity index (χ3n) is 2.91. The second-order valence-electron chi connectivity index (χ2n) is 4.70. The van der Waals surface area contributed by atoms with Crippen molar-refractivity contribution in [1.82, 2.24) is 9.71 Å². The summed E-state index contributed by atoms with van der Waals surface area (Å²) in [6.45, 7) is -0.478. The van der Waals surface area contributed by atoms with Crippen molar-refractivity contribution in [2.24, 2.45) is 0 Å². The lowest BCUT2D eigenvalue weighted by Crippen LogP contribution is -2.26. The Morgan fingerprint density at radius 2 is 1.92 bits per heavy atom. The third kappa shape index (κ3) is 4.66. The summed E-state index contributed by atoms with van der Waals surface area (Å²) in [5, 5.41) is 11.3. The van der Waals surface area contributed by atoms with Crippen LogP contribution in [0.25, 0.3) is 0 Å². The van der Waals surface area contributed by atoms with Crippen LogP contribution in [0.2, 0.25) is 0 Å². The van der Waals surface area contributed by atoms with Crippen LogP contribution in [0.1, 0.15) is 5.56 Å². The highest BCUT2D eigenvalue weighted by atomic mass is 32.2. The molecule has 0 aliphatic rings. The van der Waals surface area contributed by atoms with Gasteiger partial charge in [-0.1, -0.05) is 6.07 Å². The van der Waals surface area contributed by atoms with E-state index < -0.39 is 21.8 Å². The van der Waals surface area contributed by atoms with Crippen molar-refractivity contribution in [3.8, 4) is 0 Å². The molecule has 130 valence electrons. The molecule has 0 spiro atoms. The number of aliphatic hydroxyl groups is 1. The standard InChI is InChI=1S/C14H14F3N3O3S/c15-14(16,17)10-2-1-3-11(8-10)20-13-5-4-12(9-18-13)24(22,23)19-6-7-21/h1-5,8-9,19,21H,6-7H2,(H,18,20). The molecule has 0 aliphatic carbocycles. The summed E-state index contributed by atoms with van der Waals surface area (Å²) in [6.07, 6.45) is -3.39. The minimum absolute atomic E-state index is 0.120. The first-order valence-electron chi connectivity index (χ1n) is 6.73. The Morgan fingerprint density at radius 3 is 2.50 bits per heavy atom. The SMILES string of the molecule is O=S(=O)(NCCO)c1ccc(Nc2cccc(C(F)(F)F)c2)nc1. The molecule has 0 radical (unpaired) electrons. The molecule has 0 unspecified atom stereocenters. The van der Waals surface area contributed by atoms with Gasteiger partial charge >= 0.3 is 6.18 Å². The molecule has 1 aromatic heterocycles. The first-order valence-corrected chi connectivity index (χ1v) is 8.21. The van der Waals surface area contributed by atoms with Crippen LogP contribution in [0, 0.1) is 0 Å². The van der Waals surface area contributed by atoms with Crippen molar-refractivity contribution < 1.29 is 26.7 Å². The van der Waals surface area contributed by atoms with Crippen LogP contribution in [0.15, 0.2) is 47.5 Å². The molecule has 0 amide bonds. The number of alkyl halides is 3. The lowest BCUT2D eigenvalue weighted by atomic mass is 10.2. The molecule has 3 N–H and O–H groups in total. The van der Waals surface area contributed by atoms with E-state index in [1.807, 2.05) is 0 Å². The van der Waals surface area contributed by atoms with E-state index in [0.29, 0.717) is 0 Å². The van der Waals surface area contributed by atoms with Crippen LogP contribution < -0.4 is 10.0 Å². The van der Waals surface area contributed by atoms with E-state index in [2.05, 4.69) is 15.0 Å². The molecule has 6 nitrogen and oxygen atoms in total. The van der Waals surface area contributed by atoms with Crippen molar-refractivity contribution in [3.05, 3.63) is 48.2 Å². The number of sulfonamides is 1. The first kappa shape index (κ1) is 18.2. The van der Waals surface area contributed by atoms with Gasteiger partial charge < -0.3 is 10.4 Å². The molecule has 0 saturated heterocycles. The van der Waals surface area contributed by atoms with Gasteiger partial charge in [0, 0.05) is 18.4 Å². The molecule has 1 heterocycles. The zero-order valence-electron chi connectivity index (χ0n) is 12.2. The van der Waals surface area contributed by atoms with Gasteiger partial charge in [-0.2, -0.15) is 13.2 Å². The minimum Gasteiger partial charge on any atom is -0.395 e. The lowest BCUT2D eigenvalue weighted by molar-refractivity contribution is -0.137. The molecule has 10 heteroatoms. The largest absolute Gasteiger partial charge is 0.416 e. The minimum atomic E-state index is -4.46. The zero-order valence-corrected chi connectivity index (χ0v) is 13.0. The second kappa shape index (κ2) is 7.16. The Morgan fingerprint density at radius 1 is 1.17 bits per heavy atom. The second-order valence-corrected chi connectivity index (χ2v) is 6.47. The number of rotatable bonds is 6. The number of benzene rings is 1. The van der Waals surface area contributed by atoms with E-state index in [4.69, 9.17) is 5.11 Å². The van der Waals surface area contributed by atoms with Gasteiger partial charge in [0.2, 0.25) is 10.0 Å². The number of anilines is 2. The maximum atomic E-state index is 12.7. The molecule has 0 saturated carbocycles. The molecule has 0 fully saturated rings. The Balaban J connectivity index is 2.15. The Labute approximate surface area is 136 Å². The quantitative estimate of drug-likeness (QED) is 0.733. The topological polar surface area (TPSA) is 91.3 Å².